The van der Waals surface area contributed by atoms with Crippen molar-refractivity contribution in [2.24, 2.45) is 4.99 Å². The lowest BCUT2D eigenvalue weighted by atomic mass is 10.0. The van der Waals surface area contributed by atoms with Crippen molar-refractivity contribution in [3.05, 3.63) is 54.4 Å². The highest BCUT2D eigenvalue weighted by atomic mass is 127. The Bertz CT molecular complexity index is 666. The van der Waals surface area contributed by atoms with Crippen molar-refractivity contribution in [2.45, 2.75) is 26.7 Å². The Morgan fingerprint density at radius 1 is 1.24 bits per heavy atom. The zero-order chi connectivity index (χ0) is 15.4. The molecule has 1 aromatic heterocycles. The second-order valence-electron chi connectivity index (χ2n) is 5.21. The summed E-state index contributed by atoms with van der Waals surface area (Å²) in [6, 6.07) is 10.4. The third-order valence-electron chi connectivity index (χ3n) is 3.23. The molecule has 0 aliphatic heterocycles. The molecule has 21 heavy (non-hydrogen) atoms. The van der Waals surface area contributed by atoms with Gasteiger partial charge < -0.3 is 0 Å². The highest BCUT2D eigenvalue weighted by Crippen LogP contribution is 2.28. The monoisotopic (exact) mass is 390 g/mol. The Morgan fingerprint density at radius 3 is 2.48 bits per heavy atom. The largest absolute Gasteiger partial charge is 0.260 e. The van der Waals surface area contributed by atoms with E-state index in [-0.39, 0.29) is 0 Å². The number of hydrogen-bond donors (Lipinski definition) is 0. The summed E-state index contributed by atoms with van der Waals surface area (Å²) < 4.78 is 1.01. The minimum Gasteiger partial charge on any atom is -0.260 e. The summed E-state index contributed by atoms with van der Waals surface area (Å²) in [5, 5.41) is 0. The molecule has 0 radical (unpaired) electrons. The molecular formula is C18H19IN2. The van der Waals surface area contributed by atoms with Crippen LogP contribution in [0, 0.1) is 0 Å². The van der Waals surface area contributed by atoms with Gasteiger partial charge in [-0.2, -0.15) is 0 Å². The van der Waals surface area contributed by atoms with E-state index in [1.54, 1.807) is 0 Å². The lowest BCUT2D eigenvalue weighted by Crippen LogP contribution is -1.92. The summed E-state index contributed by atoms with van der Waals surface area (Å²) in [7, 11) is 0. The van der Waals surface area contributed by atoms with Crippen LogP contribution in [0.4, 0.5) is 5.69 Å². The fraction of sp³-hybridized carbons (Fsp3) is 0.222. The third-order valence-corrected chi connectivity index (χ3v) is 3.47. The standard InChI is InChI=1S/C18H19IN2/c1-5-14-10-15(6-9-18(14)21-13(4)19)16-7-8-17(12(2)3)20-11-16/h5-12H,1H2,2-4H3/b21-13+. The Morgan fingerprint density at radius 2 is 1.95 bits per heavy atom. The van der Waals surface area contributed by atoms with E-state index in [1.807, 2.05) is 25.3 Å². The fourth-order valence-electron chi connectivity index (χ4n) is 2.08. The van der Waals surface area contributed by atoms with Gasteiger partial charge in [0.1, 0.15) is 0 Å². The minimum atomic E-state index is 0.450. The van der Waals surface area contributed by atoms with Gasteiger partial charge in [-0.3, -0.25) is 4.98 Å². The van der Waals surface area contributed by atoms with Crippen LogP contribution in [-0.2, 0) is 0 Å². The van der Waals surface area contributed by atoms with Crippen molar-refractivity contribution >= 4 is 38.1 Å². The van der Waals surface area contributed by atoms with E-state index in [1.165, 1.54) is 0 Å². The van der Waals surface area contributed by atoms with Gasteiger partial charge >= 0.3 is 0 Å². The molecule has 0 unspecified atom stereocenters. The Kier molecular flexibility index (Phi) is 5.28. The van der Waals surface area contributed by atoms with Gasteiger partial charge in [0.25, 0.3) is 0 Å². The fourth-order valence-corrected chi connectivity index (χ4v) is 2.34. The summed E-state index contributed by atoms with van der Waals surface area (Å²) in [5.74, 6) is 0.450. The van der Waals surface area contributed by atoms with Gasteiger partial charge in [0.15, 0.2) is 0 Å². The van der Waals surface area contributed by atoms with Crippen LogP contribution in [0.25, 0.3) is 17.2 Å². The molecule has 3 heteroatoms. The molecular weight excluding hydrogens is 371 g/mol. The molecule has 0 saturated carbocycles. The van der Waals surface area contributed by atoms with Crippen LogP contribution in [0.15, 0.2) is 48.1 Å². The maximum Gasteiger partial charge on any atom is 0.0760 e. The van der Waals surface area contributed by atoms with Crippen LogP contribution in [0.1, 0.15) is 37.9 Å². The third kappa shape index (κ3) is 4.00. The van der Waals surface area contributed by atoms with Crippen molar-refractivity contribution < 1.29 is 0 Å². The molecule has 0 spiro atoms. The van der Waals surface area contributed by atoms with Crippen molar-refractivity contribution in [2.75, 3.05) is 0 Å². The number of aliphatic imine (C=N–C) groups is 1. The predicted molar refractivity (Wildman–Crippen MR) is 101 cm³/mol. The number of pyridine rings is 1. The van der Waals surface area contributed by atoms with Crippen LogP contribution in [0.3, 0.4) is 0 Å². The van der Waals surface area contributed by atoms with Crippen LogP contribution in [0.5, 0.6) is 0 Å². The highest BCUT2D eigenvalue weighted by Gasteiger charge is 2.05. The molecule has 2 nitrogen and oxygen atoms in total. The number of aromatic nitrogens is 1. The maximum absolute atomic E-state index is 4.53. The van der Waals surface area contributed by atoms with Gasteiger partial charge in [0.2, 0.25) is 0 Å². The van der Waals surface area contributed by atoms with E-state index in [2.05, 4.69) is 77.3 Å². The zero-order valence-electron chi connectivity index (χ0n) is 12.6. The summed E-state index contributed by atoms with van der Waals surface area (Å²) in [6.45, 7) is 10.2. The van der Waals surface area contributed by atoms with Gasteiger partial charge in [-0.05, 0) is 59.2 Å². The lowest BCUT2D eigenvalue weighted by Gasteiger charge is -2.08. The van der Waals surface area contributed by atoms with E-state index in [0.29, 0.717) is 5.92 Å². The van der Waals surface area contributed by atoms with Gasteiger partial charge in [-0.1, -0.05) is 38.6 Å². The second kappa shape index (κ2) is 6.98. The number of hydrogen-bond acceptors (Lipinski definition) is 2. The molecule has 0 fully saturated rings. The van der Waals surface area contributed by atoms with Crippen molar-refractivity contribution in [1.29, 1.82) is 0 Å². The molecule has 108 valence electrons. The minimum absolute atomic E-state index is 0.450. The predicted octanol–water partition coefficient (Wildman–Crippen LogP) is 6.00. The topological polar surface area (TPSA) is 25.2 Å². The average molecular weight is 390 g/mol. The van der Waals surface area contributed by atoms with Gasteiger partial charge in [-0.25, -0.2) is 4.99 Å². The number of halogens is 1. The first-order valence-corrected chi connectivity index (χ1v) is 8.02. The zero-order valence-corrected chi connectivity index (χ0v) is 14.8. The van der Waals surface area contributed by atoms with E-state index < -0.39 is 0 Å². The van der Waals surface area contributed by atoms with Crippen LogP contribution in [-0.4, -0.2) is 8.70 Å². The number of benzene rings is 1. The quantitative estimate of drug-likeness (QED) is 0.464. The van der Waals surface area contributed by atoms with Gasteiger partial charge in [0.05, 0.1) is 9.41 Å². The molecule has 0 amide bonds. The maximum atomic E-state index is 4.53. The molecule has 0 aliphatic rings. The highest BCUT2D eigenvalue weighted by molar-refractivity contribution is 14.1. The first kappa shape index (κ1) is 15.9. The first-order chi connectivity index (χ1) is 10.0. The van der Waals surface area contributed by atoms with Crippen LogP contribution in [0.2, 0.25) is 0 Å². The smallest absolute Gasteiger partial charge is 0.0760 e. The summed E-state index contributed by atoms with van der Waals surface area (Å²) >= 11 is 2.21. The van der Waals surface area contributed by atoms with E-state index in [4.69, 9.17) is 0 Å². The lowest BCUT2D eigenvalue weighted by molar-refractivity contribution is 0.823. The summed E-state index contributed by atoms with van der Waals surface area (Å²) in [5.41, 5.74) is 5.36. The molecule has 0 atom stereocenters. The average Bonchev–Trinajstić information content (AvgIpc) is 2.47. The normalized spacial score (nSPS) is 11.8. The Balaban J connectivity index is 2.41. The van der Waals surface area contributed by atoms with Crippen molar-refractivity contribution in [3.8, 4) is 11.1 Å². The molecule has 0 aliphatic carbocycles. The van der Waals surface area contributed by atoms with Crippen molar-refractivity contribution in [3.63, 3.8) is 0 Å². The van der Waals surface area contributed by atoms with E-state index >= 15 is 0 Å². The van der Waals surface area contributed by atoms with Gasteiger partial charge in [0, 0.05) is 23.0 Å². The molecule has 1 heterocycles. The Labute approximate surface area is 140 Å². The molecule has 1 aromatic carbocycles. The molecule has 2 rings (SSSR count). The summed E-state index contributed by atoms with van der Waals surface area (Å²) in [4.78, 5) is 9.05. The van der Waals surface area contributed by atoms with Crippen molar-refractivity contribution in [1.82, 2.24) is 4.98 Å². The van der Waals surface area contributed by atoms with Crippen LogP contribution >= 0.6 is 22.6 Å². The van der Waals surface area contributed by atoms with E-state index in [9.17, 15) is 0 Å². The molecule has 0 saturated heterocycles. The molecule has 2 aromatic rings. The van der Waals surface area contributed by atoms with E-state index in [0.717, 1.165) is 31.8 Å². The summed E-state index contributed by atoms with van der Waals surface area (Å²) in [6.07, 6.45) is 3.78. The van der Waals surface area contributed by atoms with Crippen LogP contribution < -0.4 is 0 Å². The van der Waals surface area contributed by atoms with Gasteiger partial charge in [-0.15, -0.1) is 0 Å². The number of nitrogens with zero attached hydrogens (tertiary/aromatic N) is 2. The molecule has 0 N–H and O–H groups in total. The Hall–Kier alpha value is -1.49. The number of rotatable bonds is 4. The first-order valence-electron chi connectivity index (χ1n) is 6.95. The second-order valence-corrected chi connectivity index (χ2v) is 6.77. The SMILES string of the molecule is C=Cc1cc(-c2ccc(C(C)C)nc2)ccc1/N=C(\C)I. The molecule has 0 bridgehead atoms.